The number of aromatic amines is 1. The predicted molar refractivity (Wildman–Crippen MR) is 110 cm³/mol. The summed E-state index contributed by atoms with van der Waals surface area (Å²) in [5.41, 5.74) is 3.09. The van der Waals surface area contributed by atoms with Crippen molar-refractivity contribution >= 4 is 40.1 Å². The number of non-ortho nitro benzene ring substituents is 1. The van der Waals surface area contributed by atoms with E-state index in [1.54, 1.807) is 12.1 Å². The Kier molecular flexibility index (Phi) is 5.17. The maximum Gasteiger partial charge on any atom is 0.328 e. The number of methoxy groups -OCH3 is 1. The largest absolute Gasteiger partial charge is 0.467 e. The number of nitro benzene ring substituents is 1. The van der Waals surface area contributed by atoms with Crippen LogP contribution >= 0.6 is 11.6 Å². The molecule has 1 aliphatic heterocycles. The number of nitrogens with zero attached hydrogens (tertiary/aromatic N) is 2. The fraction of sp³-hybridized carbons (Fsp3) is 0.238. The highest BCUT2D eigenvalue weighted by Gasteiger charge is 2.43. The molecule has 0 radical (unpaired) electrons. The first kappa shape index (κ1) is 19.9. The molecule has 2 heterocycles. The third kappa shape index (κ3) is 3.19. The van der Waals surface area contributed by atoms with Gasteiger partial charge in [0.25, 0.3) is 5.69 Å². The Labute approximate surface area is 176 Å². The van der Waals surface area contributed by atoms with Crippen LogP contribution in [0.15, 0.2) is 48.5 Å². The standard InChI is InChI=1S/C21H18ClN3O5/c1-30-21(27)17-10-15-14-4-2-3-5-16(14)23-19(15)20(24(17)18(26)11-22)12-6-8-13(9-7-12)25(28)29/h2-9,17,20,23H,10-11H2,1H3/t17-,20-/m0/s1. The molecule has 3 aromatic rings. The predicted octanol–water partition coefficient (Wildman–Crippen LogP) is 3.33. The van der Waals surface area contributed by atoms with Crippen molar-refractivity contribution in [2.24, 2.45) is 0 Å². The number of nitrogens with one attached hydrogen (secondary N) is 1. The van der Waals surface area contributed by atoms with Crippen molar-refractivity contribution in [1.29, 1.82) is 0 Å². The van der Waals surface area contributed by atoms with Gasteiger partial charge in [-0.15, -0.1) is 11.6 Å². The van der Waals surface area contributed by atoms with E-state index in [0.717, 1.165) is 22.2 Å². The van der Waals surface area contributed by atoms with Crippen LogP contribution in [0.5, 0.6) is 0 Å². The number of hydrogen-bond donors (Lipinski definition) is 1. The third-order valence-corrected chi connectivity index (χ3v) is 5.66. The highest BCUT2D eigenvalue weighted by molar-refractivity contribution is 6.27. The minimum Gasteiger partial charge on any atom is -0.467 e. The Morgan fingerprint density at radius 1 is 1.23 bits per heavy atom. The van der Waals surface area contributed by atoms with Crippen LogP contribution in [0.25, 0.3) is 10.9 Å². The van der Waals surface area contributed by atoms with Crippen molar-refractivity contribution in [3.05, 3.63) is 75.5 Å². The van der Waals surface area contributed by atoms with E-state index in [1.807, 2.05) is 24.3 Å². The number of carbonyl (C=O) groups is 2. The number of H-pyrrole nitrogens is 1. The van der Waals surface area contributed by atoms with Crippen LogP contribution in [-0.2, 0) is 20.7 Å². The molecule has 9 heteroatoms. The first-order valence-electron chi connectivity index (χ1n) is 9.25. The molecule has 0 aliphatic carbocycles. The van der Waals surface area contributed by atoms with Crippen molar-refractivity contribution in [1.82, 2.24) is 9.88 Å². The van der Waals surface area contributed by atoms with E-state index in [9.17, 15) is 19.7 Å². The molecule has 0 saturated heterocycles. The molecule has 0 bridgehead atoms. The first-order valence-corrected chi connectivity index (χ1v) is 9.78. The summed E-state index contributed by atoms with van der Waals surface area (Å²) in [6.07, 6.45) is 0.276. The molecule has 30 heavy (non-hydrogen) atoms. The molecule has 1 amide bonds. The van der Waals surface area contributed by atoms with E-state index in [1.165, 1.54) is 24.1 Å². The quantitative estimate of drug-likeness (QED) is 0.297. The number of benzene rings is 2. The molecule has 0 saturated carbocycles. The van der Waals surface area contributed by atoms with Crippen LogP contribution < -0.4 is 0 Å². The van der Waals surface area contributed by atoms with Crippen LogP contribution in [0.2, 0.25) is 0 Å². The van der Waals surface area contributed by atoms with Gasteiger partial charge in [0.1, 0.15) is 11.9 Å². The minimum absolute atomic E-state index is 0.0637. The SMILES string of the molecule is COC(=O)[C@@H]1Cc2c([nH]c3ccccc23)[C@H](c2ccc([N+](=O)[O-])cc2)N1C(=O)CCl. The highest BCUT2D eigenvalue weighted by atomic mass is 35.5. The van der Waals surface area contributed by atoms with Gasteiger partial charge >= 0.3 is 5.97 Å². The Bertz CT molecular complexity index is 1140. The van der Waals surface area contributed by atoms with Crippen molar-refractivity contribution in [2.45, 2.75) is 18.5 Å². The van der Waals surface area contributed by atoms with Gasteiger partial charge in [0.05, 0.1) is 18.1 Å². The summed E-state index contributed by atoms with van der Waals surface area (Å²) in [4.78, 5) is 40.8. The van der Waals surface area contributed by atoms with Gasteiger partial charge in [-0.2, -0.15) is 0 Å². The van der Waals surface area contributed by atoms with Crippen molar-refractivity contribution in [3.8, 4) is 0 Å². The zero-order chi connectivity index (χ0) is 21.4. The molecular weight excluding hydrogens is 410 g/mol. The van der Waals surface area contributed by atoms with E-state index < -0.39 is 28.9 Å². The lowest BCUT2D eigenvalue weighted by Crippen LogP contribution is -2.52. The average molecular weight is 428 g/mol. The normalized spacial score (nSPS) is 18.1. The second kappa shape index (κ2) is 7.79. The molecule has 1 N–H and O–H groups in total. The van der Waals surface area contributed by atoms with Crippen molar-refractivity contribution in [2.75, 3.05) is 13.0 Å². The second-order valence-electron chi connectivity index (χ2n) is 6.99. The van der Waals surface area contributed by atoms with Gasteiger partial charge in [-0.1, -0.05) is 18.2 Å². The molecule has 0 unspecified atom stereocenters. The van der Waals surface area contributed by atoms with Gasteiger partial charge in [-0.05, 0) is 29.3 Å². The van der Waals surface area contributed by atoms with E-state index in [4.69, 9.17) is 16.3 Å². The van der Waals surface area contributed by atoms with Crippen LogP contribution in [-0.4, -0.2) is 45.7 Å². The average Bonchev–Trinajstić information content (AvgIpc) is 3.15. The van der Waals surface area contributed by atoms with Gasteiger partial charge in [-0.25, -0.2) is 4.79 Å². The van der Waals surface area contributed by atoms with Crippen molar-refractivity contribution < 1.29 is 19.2 Å². The smallest absolute Gasteiger partial charge is 0.328 e. The third-order valence-electron chi connectivity index (χ3n) is 5.43. The number of halogens is 1. The summed E-state index contributed by atoms with van der Waals surface area (Å²) in [5, 5.41) is 12.0. The maximum atomic E-state index is 12.8. The molecule has 2 atom stereocenters. The zero-order valence-corrected chi connectivity index (χ0v) is 16.8. The van der Waals surface area contributed by atoms with Gasteiger partial charge in [0, 0.05) is 35.2 Å². The summed E-state index contributed by atoms with van der Waals surface area (Å²) in [6, 6.07) is 12.1. The number of nitro groups is 1. The molecule has 4 rings (SSSR count). The summed E-state index contributed by atoms with van der Waals surface area (Å²) in [6.45, 7) is 0. The Balaban J connectivity index is 1.95. The Hall–Kier alpha value is -3.39. The van der Waals surface area contributed by atoms with E-state index in [-0.39, 0.29) is 18.0 Å². The number of para-hydroxylation sites is 1. The molecule has 154 valence electrons. The Morgan fingerprint density at radius 2 is 1.93 bits per heavy atom. The number of aromatic nitrogens is 1. The number of carbonyl (C=O) groups excluding carboxylic acids is 2. The lowest BCUT2D eigenvalue weighted by Gasteiger charge is -2.40. The first-order chi connectivity index (χ1) is 14.5. The van der Waals surface area contributed by atoms with Crippen LogP contribution in [0, 0.1) is 10.1 Å². The number of rotatable bonds is 4. The summed E-state index contributed by atoms with van der Waals surface area (Å²) >= 11 is 5.88. The highest BCUT2D eigenvalue weighted by Crippen LogP contribution is 2.41. The number of hydrogen-bond acceptors (Lipinski definition) is 5. The second-order valence-corrected chi connectivity index (χ2v) is 7.26. The number of alkyl halides is 1. The van der Waals surface area contributed by atoms with Gasteiger partial charge in [0.15, 0.2) is 0 Å². The fourth-order valence-corrected chi connectivity index (χ4v) is 4.25. The lowest BCUT2D eigenvalue weighted by atomic mass is 9.88. The number of amides is 1. The van der Waals surface area contributed by atoms with Gasteiger partial charge in [0.2, 0.25) is 5.91 Å². The molecular formula is C21H18ClN3O5. The Morgan fingerprint density at radius 3 is 2.57 bits per heavy atom. The molecule has 8 nitrogen and oxygen atoms in total. The monoisotopic (exact) mass is 427 g/mol. The molecule has 0 fully saturated rings. The fourth-order valence-electron chi connectivity index (χ4n) is 4.11. The van der Waals surface area contributed by atoms with Crippen LogP contribution in [0.3, 0.4) is 0 Å². The molecule has 1 aromatic heterocycles. The van der Waals surface area contributed by atoms with Crippen LogP contribution in [0.4, 0.5) is 5.69 Å². The minimum atomic E-state index is -0.867. The maximum absolute atomic E-state index is 12.8. The van der Waals surface area contributed by atoms with E-state index >= 15 is 0 Å². The number of esters is 1. The lowest BCUT2D eigenvalue weighted by molar-refractivity contribution is -0.384. The molecule has 1 aliphatic rings. The van der Waals surface area contributed by atoms with Gasteiger partial charge in [-0.3, -0.25) is 14.9 Å². The van der Waals surface area contributed by atoms with Gasteiger partial charge < -0.3 is 14.6 Å². The molecule has 2 aromatic carbocycles. The van der Waals surface area contributed by atoms with Crippen LogP contribution in [0.1, 0.15) is 22.9 Å². The van der Waals surface area contributed by atoms with E-state index in [2.05, 4.69) is 4.98 Å². The topological polar surface area (TPSA) is 106 Å². The number of fused-ring (bicyclic) bond motifs is 3. The zero-order valence-electron chi connectivity index (χ0n) is 16.0. The summed E-state index contributed by atoms with van der Waals surface area (Å²) in [5.74, 6) is -1.29. The summed E-state index contributed by atoms with van der Waals surface area (Å²) in [7, 11) is 1.28. The number of ether oxygens (including phenoxy) is 1. The molecule has 0 spiro atoms. The summed E-state index contributed by atoms with van der Waals surface area (Å²) < 4.78 is 4.98. The van der Waals surface area contributed by atoms with E-state index in [0.29, 0.717) is 5.56 Å². The van der Waals surface area contributed by atoms with Crippen molar-refractivity contribution in [3.63, 3.8) is 0 Å².